The fourth-order valence-corrected chi connectivity index (χ4v) is 1.60. The number of hydrogen-bond donors (Lipinski definition) is 2. The smallest absolute Gasteiger partial charge is 0.197 e. The van der Waals surface area contributed by atoms with Crippen molar-refractivity contribution in [3.63, 3.8) is 0 Å². The van der Waals surface area contributed by atoms with Gasteiger partial charge >= 0.3 is 0 Å². The molecule has 0 bridgehead atoms. The molecule has 0 aromatic carbocycles. The summed E-state index contributed by atoms with van der Waals surface area (Å²) in [6, 6.07) is 2.01. The van der Waals surface area contributed by atoms with E-state index in [0.717, 1.165) is 24.5 Å². The molecule has 0 spiro atoms. The van der Waals surface area contributed by atoms with Gasteiger partial charge in [0.1, 0.15) is 5.82 Å². The van der Waals surface area contributed by atoms with Crippen LogP contribution in [0.15, 0.2) is 18.5 Å². The molecule has 0 fully saturated rings. The third-order valence-electron chi connectivity index (χ3n) is 2.60. The first-order valence-electron chi connectivity index (χ1n) is 6.33. The summed E-state index contributed by atoms with van der Waals surface area (Å²) in [5.41, 5.74) is 1.02. The van der Waals surface area contributed by atoms with Crippen LogP contribution in [0.3, 0.4) is 0 Å². The quantitative estimate of drug-likeness (QED) is 0.850. The Morgan fingerprint density at radius 3 is 2.78 bits per heavy atom. The van der Waals surface area contributed by atoms with Crippen molar-refractivity contribution in [3.8, 4) is 11.6 Å². The van der Waals surface area contributed by atoms with E-state index in [1.54, 1.807) is 12.4 Å². The number of imidazole rings is 1. The Morgan fingerprint density at radius 2 is 2.17 bits per heavy atom. The molecule has 0 saturated carbocycles. The zero-order valence-corrected chi connectivity index (χ0v) is 11.1. The Kier molecular flexibility index (Phi) is 3.92. The summed E-state index contributed by atoms with van der Waals surface area (Å²) in [5.74, 6) is 2.58. The van der Waals surface area contributed by atoms with Gasteiger partial charge in [-0.15, -0.1) is 0 Å². The standard InChI is InChI=1S/C13H19N5/c1-4-5-14-11-8-10(9(2)3)17-13(18-11)12-15-6-7-16-12/h6-9H,4-5H2,1-3H3,(H,15,16)(H,14,17,18). The summed E-state index contributed by atoms with van der Waals surface area (Å²) in [6.07, 6.45) is 4.55. The number of H-pyrrole nitrogens is 1. The molecule has 0 amide bonds. The molecule has 0 unspecified atom stereocenters. The van der Waals surface area contributed by atoms with Crippen LogP contribution in [-0.4, -0.2) is 26.5 Å². The molecule has 96 valence electrons. The van der Waals surface area contributed by atoms with E-state index in [9.17, 15) is 0 Å². The monoisotopic (exact) mass is 245 g/mol. The van der Waals surface area contributed by atoms with Crippen LogP contribution in [-0.2, 0) is 0 Å². The second-order valence-corrected chi connectivity index (χ2v) is 4.52. The lowest BCUT2D eigenvalue weighted by molar-refractivity contribution is 0.814. The molecule has 5 nitrogen and oxygen atoms in total. The van der Waals surface area contributed by atoms with Crippen molar-refractivity contribution in [2.45, 2.75) is 33.1 Å². The second kappa shape index (κ2) is 5.62. The highest BCUT2D eigenvalue weighted by atomic mass is 15.1. The van der Waals surface area contributed by atoms with Crippen LogP contribution >= 0.6 is 0 Å². The van der Waals surface area contributed by atoms with Crippen molar-refractivity contribution in [1.29, 1.82) is 0 Å². The van der Waals surface area contributed by atoms with E-state index in [-0.39, 0.29) is 0 Å². The maximum absolute atomic E-state index is 4.54. The summed E-state index contributed by atoms with van der Waals surface area (Å²) in [5, 5.41) is 3.30. The van der Waals surface area contributed by atoms with Gasteiger partial charge in [0.05, 0.1) is 0 Å². The number of hydrogen-bond acceptors (Lipinski definition) is 4. The van der Waals surface area contributed by atoms with E-state index in [1.165, 1.54) is 0 Å². The highest BCUT2D eigenvalue weighted by molar-refractivity contribution is 5.49. The van der Waals surface area contributed by atoms with Gasteiger partial charge in [-0.3, -0.25) is 0 Å². The van der Waals surface area contributed by atoms with Crippen LogP contribution in [0.25, 0.3) is 11.6 Å². The minimum absolute atomic E-state index is 0.365. The average molecular weight is 245 g/mol. The molecule has 0 aliphatic rings. The summed E-state index contributed by atoms with van der Waals surface area (Å²) in [7, 11) is 0. The molecule has 2 heterocycles. The number of anilines is 1. The molecule has 2 aromatic heterocycles. The fourth-order valence-electron chi connectivity index (χ4n) is 1.60. The summed E-state index contributed by atoms with van der Waals surface area (Å²) < 4.78 is 0. The van der Waals surface area contributed by atoms with Crippen molar-refractivity contribution in [2.75, 3.05) is 11.9 Å². The number of nitrogens with one attached hydrogen (secondary N) is 2. The van der Waals surface area contributed by atoms with Crippen molar-refractivity contribution in [2.24, 2.45) is 0 Å². The van der Waals surface area contributed by atoms with Crippen LogP contribution in [0, 0.1) is 0 Å². The molecular formula is C13H19N5. The first-order valence-corrected chi connectivity index (χ1v) is 6.33. The predicted octanol–water partition coefficient (Wildman–Crippen LogP) is 2.81. The molecule has 0 atom stereocenters. The molecule has 0 saturated heterocycles. The molecule has 2 N–H and O–H groups in total. The highest BCUT2D eigenvalue weighted by Gasteiger charge is 2.10. The fraction of sp³-hybridized carbons (Fsp3) is 0.462. The van der Waals surface area contributed by atoms with E-state index in [2.05, 4.69) is 46.0 Å². The molecule has 2 aromatic rings. The summed E-state index contributed by atoms with van der Waals surface area (Å²) in [4.78, 5) is 16.3. The molecule has 18 heavy (non-hydrogen) atoms. The molecule has 0 aliphatic heterocycles. The minimum Gasteiger partial charge on any atom is -0.370 e. The van der Waals surface area contributed by atoms with Gasteiger partial charge in [-0.2, -0.15) is 0 Å². The van der Waals surface area contributed by atoms with Gasteiger partial charge < -0.3 is 10.3 Å². The first-order chi connectivity index (χ1) is 8.70. The van der Waals surface area contributed by atoms with Crippen LogP contribution in [0.1, 0.15) is 38.8 Å². The van der Waals surface area contributed by atoms with E-state index in [0.29, 0.717) is 17.6 Å². The van der Waals surface area contributed by atoms with Crippen molar-refractivity contribution in [3.05, 3.63) is 24.2 Å². The predicted molar refractivity (Wildman–Crippen MR) is 72.5 cm³/mol. The maximum atomic E-state index is 4.54. The zero-order chi connectivity index (χ0) is 13.0. The van der Waals surface area contributed by atoms with Gasteiger partial charge in [0.25, 0.3) is 0 Å². The van der Waals surface area contributed by atoms with E-state index in [1.807, 2.05) is 6.07 Å². The summed E-state index contributed by atoms with van der Waals surface area (Å²) >= 11 is 0. The number of aromatic amines is 1. The molecular weight excluding hydrogens is 226 g/mol. The third kappa shape index (κ3) is 2.85. The molecule has 2 rings (SSSR count). The second-order valence-electron chi connectivity index (χ2n) is 4.52. The Labute approximate surface area is 107 Å². The number of nitrogens with zero attached hydrogens (tertiary/aromatic N) is 3. The van der Waals surface area contributed by atoms with Gasteiger partial charge in [-0.05, 0) is 12.3 Å². The lowest BCUT2D eigenvalue weighted by atomic mass is 10.1. The number of rotatable bonds is 5. The summed E-state index contributed by atoms with van der Waals surface area (Å²) in [6.45, 7) is 7.28. The van der Waals surface area contributed by atoms with Gasteiger partial charge in [-0.1, -0.05) is 20.8 Å². The van der Waals surface area contributed by atoms with Crippen LogP contribution in [0.5, 0.6) is 0 Å². The normalized spacial score (nSPS) is 10.9. The van der Waals surface area contributed by atoms with Gasteiger partial charge in [0, 0.05) is 30.7 Å². The Bertz CT molecular complexity index is 490. The minimum atomic E-state index is 0.365. The van der Waals surface area contributed by atoms with Crippen LogP contribution in [0.2, 0.25) is 0 Å². The largest absolute Gasteiger partial charge is 0.370 e. The van der Waals surface area contributed by atoms with Crippen molar-refractivity contribution >= 4 is 5.82 Å². The zero-order valence-electron chi connectivity index (χ0n) is 11.1. The van der Waals surface area contributed by atoms with Gasteiger partial charge in [0.15, 0.2) is 11.6 Å². The van der Waals surface area contributed by atoms with Gasteiger partial charge in [0.2, 0.25) is 0 Å². The first kappa shape index (κ1) is 12.5. The Morgan fingerprint density at radius 1 is 1.33 bits per heavy atom. The van der Waals surface area contributed by atoms with E-state index in [4.69, 9.17) is 0 Å². The van der Waals surface area contributed by atoms with E-state index < -0.39 is 0 Å². The lowest BCUT2D eigenvalue weighted by Crippen LogP contribution is -2.06. The van der Waals surface area contributed by atoms with E-state index >= 15 is 0 Å². The Balaban J connectivity index is 2.36. The van der Waals surface area contributed by atoms with Crippen LogP contribution < -0.4 is 5.32 Å². The third-order valence-corrected chi connectivity index (χ3v) is 2.60. The lowest BCUT2D eigenvalue weighted by Gasteiger charge is -2.10. The topological polar surface area (TPSA) is 66.5 Å². The van der Waals surface area contributed by atoms with Gasteiger partial charge in [-0.25, -0.2) is 15.0 Å². The number of aromatic nitrogens is 4. The molecule has 0 aliphatic carbocycles. The van der Waals surface area contributed by atoms with Crippen molar-refractivity contribution < 1.29 is 0 Å². The van der Waals surface area contributed by atoms with Crippen LogP contribution in [0.4, 0.5) is 5.82 Å². The van der Waals surface area contributed by atoms with Crippen molar-refractivity contribution in [1.82, 2.24) is 19.9 Å². The SMILES string of the molecule is CCCNc1cc(C(C)C)nc(-c2ncc[nH]2)n1. The average Bonchev–Trinajstić information content (AvgIpc) is 2.89. The highest BCUT2D eigenvalue weighted by Crippen LogP contribution is 2.19. The maximum Gasteiger partial charge on any atom is 0.197 e. The Hall–Kier alpha value is -1.91. The molecule has 5 heteroatoms. The molecule has 0 radical (unpaired) electrons.